The fraction of sp³-hybridized carbons (Fsp3) is 0.273. The Morgan fingerprint density at radius 1 is 1.42 bits per heavy atom. The molecule has 2 aromatic heterocycles. The molecule has 0 saturated carbocycles. The molecule has 0 atom stereocenters. The van der Waals surface area contributed by atoms with Crippen LogP contribution in [0.25, 0.3) is 0 Å². The lowest BCUT2D eigenvalue weighted by molar-refractivity contribution is 0.0949. The molecule has 0 saturated heterocycles. The molecule has 0 aromatic carbocycles. The van der Waals surface area contributed by atoms with E-state index in [1.165, 1.54) is 12.1 Å². The Morgan fingerprint density at radius 3 is 2.89 bits per heavy atom. The summed E-state index contributed by atoms with van der Waals surface area (Å²) in [7, 11) is 1.84. The number of amides is 1. The Balaban J connectivity index is 1.94. The van der Waals surface area contributed by atoms with Crippen molar-refractivity contribution in [2.45, 2.75) is 6.42 Å². The third-order valence-electron chi connectivity index (χ3n) is 2.47. The molecule has 0 aliphatic carbocycles. The number of hydrogen-bond acceptors (Lipinski definition) is 4. The quantitative estimate of drug-likeness (QED) is 0.868. The van der Waals surface area contributed by atoms with Gasteiger partial charge in [-0.05, 0) is 12.1 Å². The van der Waals surface area contributed by atoms with E-state index in [-0.39, 0.29) is 21.8 Å². The van der Waals surface area contributed by atoms with Crippen molar-refractivity contribution in [3.05, 3.63) is 40.2 Å². The third kappa shape index (κ3) is 3.42. The second kappa shape index (κ2) is 5.99. The van der Waals surface area contributed by atoms with Crippen LogP contribution in [0, 0.1) is 0 Å². The maximum absolute atomic E-state index is 11.9. The topological polar surface area (TPSA) is 72.7 Å². The van der Waals surface area contributed by atoms with E-state index in [2.05, 4.69) is 20.5 Å². The third-order valence-corrected chi connectivity index (χ3v) is 2.98. The molecule has 2 rings (SSSR count). The summed E-state index contributed by atoms with van der Waals surface area (Å²) in [4.78, 5) is 15.8. The number of aryl methyl sites for hydroxylation is 1. The lowest BCUT2D eigenvalue weighted by atomic mass is 10.3. The van der Waals surface area contributed by atoms with Gasteiger partial charge in [-0.15, -0.1) is 10.2 Å². The molecule has 0 unspecified atom stereocenters. The van der Waals surface area contributed by atoms with E-state index in [0.29, 0.717) is 13.0 Å². The predicted octanol–water partition coefficient (Wildman–Crippen LogP) is 1.49. The molecule has 1 amide bonds. The van der Waals surface area contributed by atoms with E-state index in [1.54, 1.807) is 10.9 Å². The zero-order valence-electron chi connectivity index (χ0n) is 10.1. The van der Waals surface area contributed by atoms with Crippen LogP contribution in [0.2, 0.25) is 10.2 Å². The Hall–Kier alpha value is -1.66. The normalized spacial score (nSPS) is 10.5. The Bertz CT molecular complexity index is 599. The summed E-state index contributed by atoms with van der Waals surface area (Å²) in [5.74, 6) is 0.417. The van der Waals surface area contributed by atoms with E-state index in [4.69, 9.17) is 23.2 Å². The predicted molar refractivity (Wildman–Crippen MR) is 71.3 cm³/mol. The summed E-state index contributed by atoms with van der Waals surface area (Å²) in [6.07, 6.45) is 2.17. The second-order valence-corrected chi connectivity index (χ2v) is 4.62. The lowest BCUT2D eigenvalue weighted by Gasteiger charge is -2.06. The van der Waals surface area contributed by atoms with Crippen LogP contribution in [0.1, 0.15) is 16.3 Å². The second-order valence-electron chi connectivity index (χ2n) is 3.83. The zero-order chi connectivity index (χ0) is 13.8. The summed E-state index contributed by atoms with van der Waals surface area (Å²) in [5, 5.41) is 10.9. The van der Waals surface area contributed by atoms with E-state index in [9.17, 15) is 4.79 Å². The van der Waals surface area contributed by atoms with Gasteiger partial charge in [-0.3, -0.25) is 4.79 Å². The van der Waals surface area contributed by atoms with Crippen molar-refractivity contribution < 1.29 is 4.79 Å². The average Bonchev–Trinajstić information content (AvgIpc) is 2.78. The summed E-state index contributed by atoms with van der Waals surface area (Å²) in [6.45, 7) is 0.413. The monoisotopic (exact) mass is 299 g/mol. The molecule has 2 aromatic rings. The number of halogens is 2. The van der Waals surface area contributed by atoms with Crippen molar-refractivity contribution in [1.29, 1.82) is 0 Å². The van der Waals surface area contributed by atoms with Gasteiger partial charge in [0.1, 0.15) is 23.0 Å². The highest BCUT2D eigenvalue weighted by molar-refractivity contribution is 6.34. The van der Waals surface area contributed by atoms with Gasteiger partial charge in [-0.2, -0.15) is 0 Å². The number of carbonyl (C=O) groups is 1. The highest BCUT2D eigenvalue weighted by Gasteiger charge is 2.12. The molecular formula is C11H11Cl2N5O. The summed E-state index contributed by atoms with van der Waals surface area (Å²) < 4.78 is 1.79. The Labute approximate surface area is 119 Å². The van der Waals surface area contributed by atoms with Crippen molar-refractivity contribution in [3.63, 3.8) is 0 Å². The molecule has 6 nitrogen and oxygen atoms in total. The van der Waals surface area contributed by atoms with Crippen LogP contribution in [-0.2, 0) is 13.5 Å². The van der Waals surface area contributed by atoms with E-state index < -0.39 is 0 Å². The number of hydrogen-bond donors (Lipinski definition) is 1. The molecule has 0 spiro atoms. The van der Waals surface area contributed by atoms with Crippen LogP contribution in [0.15, 0.2) is 18.5 Å². The molecule has 0 aliphatic heterocycles. The highest BCUT2D eigenvalue weighted by atomic mass is 35.5. The molecule has 19 heavy (non-hydrogen) atoms. The number of pyridine rings is 1. The average molecular weight is 300 g/mol. The summed E-state index contributed by atoms with van der Waals surface area (Å²) in [6, 6.07) is 3.06. The molecule has 0 aliphatic rings. The van der Waals surface area contributed by atoms with Crippen LogP contribution >= 0.6 is 23.2 Å². The van der Waals surface area contributed by atoms with E-state index >= 15 is 0 Å². The first kappa shape index (κ1) is 13.8. The minimum Gasteiger partial charge on any atom is -0.350 e. The first-order valence-corrected chi connectivity index (χ1v) is 6.26. The van der Waals surface area contributed by atoms with Crippen LogP contribution in [0.5, 0.6) is 0 Å². The van der Waals surface area contributed by atoms with Crippen LogP contribution in [-0.4, -0.2) is 32.2 Å². The molecule has 0 fully saturated rings. The summed E-state index contributed by atoms with van der Waals surface area (Å²) >= 11 is 11.6. The Morgan fingerprint density at radius 2 is 2.21 bits per heavy atom. The van der Waals surface area contributed by atoms with Crippen molar-refractivity contribution in [2.24, 2.45) is 7.05 Å². The SMILES string of the molecule is Cn1cnnc1CCNC(=O)c1nc(Cl)ccc1Cl. The highest BCUT2D eigenvalue weighted by Crippen LogP contribution is 2.16. The first-order valence-electron chi connectivity index (χ1n) is 5.51. The zero-order valence-corrected chi connectivity index (χ0v) is 11.6. The Kier molecular flexibility index (Phi) is 4.34. The minimum atomic E-state index is -0.366. The molecule has 2 heterocycles. The van der Waals surface area contributed by atoms with Gasteiger partial charge in [0.25, 0.3) is 5.91 Å². The molecular weight excluding hydrogens is 289 g/mol. The molecule has 8 heteroatoms. The number of rotatable bonds is 4. The van der Waals surface area contributed by atoms with Gasteiger partial charge in [0.15, 0.2) is 0 Å². The smallest absolute Gasteiger partial charge is 0.271 e. The lowest BCUT2D eigenvalue weighted by Crippen LogP contribution is -2.27. The number of aromatic nitrogens is 4. The van der Waals surface area contributed by atoms with Crippen molar-refractivity contribution >= 4 is 29.1 Å². The molecule has 0 radical (unpaired) electrons. The van der Waals surface area contributed by atoms with Gasteiger partial charge < -0.3 is 9.88 Å². The van der Waals surface area contributed by atoms with Gasteiger partial charge in [-0.25, -0.2) is 4.98 Å². The first-order chi connectivity index (χ1) is 9.08. The van der Waals surface area contributed by atoms with Crippen LogP contribution < -0.4 is 5.32 Å². The van der Waals surface area contributed by atoms with Crippen LogP contribution in [0.3, 0.4) is 0 Å². The van der Waals surface area contributed by atoms with E-state index in [0.717, 1.165) is 5.82 Å². The molecule has 0 bridgehead atoms. The van der Waals surface area contributed by atoms with Gasteiger partial charge in [-0.1, -0.05) is 23.2 Å². The fourth-order valence-electron chi connectivity index (χ4n) is 1.48. The number of carbonyl (C=O) groups excluding carboxylic acids is 1. The van der Waals surface area contributed by atoms with Gasteiger partial charge in [0.05, 0.1) is 5.02 Å². The number of nitrogens with zero attached hydrogens (tertiary/aromatic N) is 4. The number of nitrogens with one attached hydrogen (secondary N) is 1. The van der Waals surface area contributed by atoms with Crippen molar-refractivity contribution in [1.82, 2.24) is 25.1 Å². The van der Waals surface area contributed by atoms with Gasteiger partial charge in [0, 0.05) is 20.0 Å². The molecule has 1 N–H and O–H groups in total. The van der Waals surface area contributed by atoms with Crippen molar-refractivity contribution in [2.75, 3.05) is 6.54 Å². The largest absolute Gasteiger partial charge is 0.350 e. The van der Waals surface area contributed by atoms with Crippen LogP contribution in [0.4, 0.5) is 0 Å². The molecule has 100 valence electrons. The fourth-order valence-corrected chi connectivity index (χ4v) is 1.82. The summed E-state index contributed by atoms with van der Waals surface area (Å²) in [5.41, 5.74) is 0.118. The van der Waals surface area contributed by atoms with Gasteiger partial charge in [0.2, 0.25) is 0 Å². The maximum Gasteiger partial charge on any atom is 0.271 e. The van der Waals surface area contributed by atoms with E-state index in [1.807, 2.05) is 7.05 Å². The van der Waals surface area contributed by atoms with Crippen molar-refractivity contribution in [3.8, 4) is 0 Å². The maximum atomic E-state index is 11.9. The standard InChI is InChI=1S/C11H11Cl2N5O/c1-18-6-15-17-9(18)4-5-14-11(19)10-7(12)2-3-8(13)16-10/h2-3,6H,4-5H2,1H3,(H,14,19). The van der Waals surface area contributed by atoms with Gasteiger partial charge >= 0.3 is 0 Å². The minimum absolute atomic E-state index is 0.118.